The van der Waals surface area contributed by atoms with Crippen LogP contribution in [-0.2, 0) is 9.53 Å². The van der Waals surface area contributed by atoms with Gasteiger partial charge >= 0.3 is 5.97 Å². The predicted molar refractivity (Wildman–Crippen MR) is 96.4 cm³/mol. The molecule has 0 radical (unpaired) electrons. The van der Waals surface area contributed by atoms with Gasteiger partial charge < -0.3 is 4.74 Å². The van der Waals surface area contributed by atoms with Crippen LogP contribution in [0.25, 0.3) is 0 Å². The maximum absolute atomic E-state index is 12.3. The predicted octanol–water partition coefficient (Wildman–Crippen LogP) is 5.52. The second-order valence-corrected chi connectivity index (χ2v) is 10.4. The van der Waals surface area contributed by atoms with Gasteiger partial charge in [0.25, 0.3) is 0 Å². The van der Waals surface area contributed by atoms with Gasteiger partial charge in [-0.3, -0.25) is 0 Å². The minimum absolute atomic E-state index is 0.150. The fourth-order valence-corrected chi connectivity index (χ4v) is 7.03. The van der Waals surface area contributed by atoms with E-state index in [1.165, 1.54) is 57.8 Å². The van der Waals surface area contributed by atoms with E-state index in [-0.39, 0.29) is 17.5 Å². The van der Waals surface area contributed by atoms with Crippen molar-refractivity contribution < 1.29 is 9.53 Å². The van der Waals surface area contributed by atoms with Gasteiger partial charge in [0, 0.05) is 11.0 Å². The summed E-state index contributed by atoms with van der Waals surface area (Å²) >= 11 is 0. The molecule has 24 heavy (non-hydrogen) atoms. The van der Waals surface area contributed by atoms with Crippen molar-refractivity contribution in [3.63, 3.8) is 0 Å². The SMILES string of the molecule is C=C(C)C(=O)OC1C2CC3CC(C2)CC1(C1CCC(C)(C)CC1)C3. The second-order valence-electron chi connectivity index (χ2n) is 10.4. The van der Waals surface area contributed by atoms with Gasteiger partial charge in [-0.05, 0) is 93.8 Å². The normalized spacial score (nSPS) is 43.6. The summed E-state index contributed by atoms with van der Waals surface area (Å²) < 4.78 is 6.16. The number of carbonyl (C=O) groups excluding carboxylic acids is 1. The minimum Gasteiger partial charge on any atom is -0.458 e. The Morgan fingerprint density at radius 2 is 1.62 bits per heavy atom. The summed E-state index contributed by atoms with van der Waals surface area (Å²) in [5.41, 5.74) is 1.35. The van der Waals surface area contributed by atoms with Gasteiger partial charge in [-0.25, -0.2) is 4.79 Å². The highest BCUT2D eigenvalue weighted by molar-refractivity contribution is 5.87. The van der Waals surface area contributed by atoms with E-state index in [0.29, 0.717) is 16.9 Å². The first-order chi connectivity index (χ1) is 11.3. The van der Waals surface area contributed by atoms with Crippen molar-refractivity contribution in [2.45, 2.75) is 84.7 Å². The van der Waals surface area contributed by atoms with Crippen LogP contribution in [0.1, 0.15) is 78.6 Å². The number of carbonyl (C=O) groups is 1. The lowest BCUT2D eigenvalue weighted by molar-refractivity contribution is -0.209. The van der Waals surface area contributed by atoms with Crippen LogP contribution in [0.4, 0.5) is 0 Å². The Kier molecular flexibility index (Phi) is 3.89. The van der Waals surface area contributed by atoms with Crippen LogP contribution in [0.2, 0.25) is 0 Å². The van der Waals surface area contributed by atoms with Crippen molar-refractivity contribution in [1.82, 2.24) is 0 Å². The van der Waals surface area contributed by atoms with Crippen LogP contribution < -0.4 is 0 Å². The maximum atomic E-state index is 12.3. The smallest absolute Gasteiger partial charge is 0.333 e. The highest BCUT2D eigenvalue weighted by atomic mass is 16.5. The molecule has 3 atom stereocenters. The van der Waals surface area contributed by atoms with E-state index in [2.05, 4.69) is 20.4 Å². The van der Waals surface area contributed by atoms with Crippen molar-refractivity contribution in [3.05, 3.63) is 12.2 Å². The third kappa shape index (κ3) is 2.65. The standard InChI is InChI=1S/C22H34O2/c1-14(2)20(23)24-19-17-10-15-9-16(11-17)13-22(19,12-15)18-5-7-21(3,4)8-6-18/h15-19H,1,5-13H2,2-4H3. The molecule has 0 N–H and O–H groups in total. The molecule has 0 amide bonds. The summed E-state index contributed by atoms with van der Waals surface area (Å²) in [6, 6.07) is 0. The Hall–Kier alpha value is -0.790. The van der Waals surface area contributed by atoms with Gasteiger partial charge in [0.1, 0.15) is 6.10 Å². The summed E-state index contributed by atoms with van der Waals surface area (Å²) in [6.45, 7) is 10.4. The topological polar surface area (TPSA) is 26.3 Å². The lowest BCUT2D eigenvalue weighted by Crippen LogP contribution is -2.60. The zero-order chi connectivity index (χ0) is 17.1. The molecule has 0 aromatic carbocycles. The zero-order valence-electron chi connectivity index (χ0n) is 15.8. The lowest BCUT2D eigenvalue weighted by Gasteiger charge is -2.63. The Balaban J connectivity index is 1.61. The molecular weight excluding hydrogens is 296 g/mol. The molecule has 4 bridgehead atoms. The van der Waals surface area contributed by atoms with Gasteiger partial charge in [-0.1, -0.05) is 20.4 Å². The molecule has 0 spiro atoms. The highest BCUT2D eigenvalue weighted by Gasteiger charge is 2.61. The van der Waals surface area contributed by atoms with Gasteiger partial charge in [-0.15, -0.1) is 0 Å². The Labute approximate surface area is 147 Å². The minimum atomic E-state index is -0.150. The van der Waals surface area contributed by atoms with Crippen molar-refractivity contribution in [1.29, 1.82) is 0 Å². The Morgan fingerprint density at radius 3 is 2.17 bits per heavy atom. The van der Waals surface area contributed by atoms with Crippen LogP contribution >= 0.6 is 0 Å². The van der Waals surface area contributed by atoms with E-state index < -0.39 is 0 Å². The molecule has 0 saturated heterocycles. The monoisotopic (exact) mass is 330 g/mol. The molecular formula is C22H34O2. The van der Waals surface area contributed by atoms with Crippen LogP contribution in [0.15, 0.2) is 12.2 Å². The number of hydrogen-bond acceptors (Lipinski definition) is 2. The van der Waals surface area contributed by atoms with Gasteiger partial charge in [-0.2, -0.15) is 0 Å². The molecule has 0 aliphatic heterocycles. The van der Waals surface area contributed by atoms with E-state index in [0.717, 1.165) is 17.8 Å². The largest absolute Gasteiger partial charge is 0.458 e. The fourth-order valence-electron chi connectivity index (χ4n) is 7.03. The second kappa shape index (κ2) is 5.61. The van der Waals surface area contributed by atoms with Crippen molar-refractivity contribution in [3.8, 4) is 0 Å². The van der Waals surface area contributed by atoms with Crippen molar-refractivity contribution in [2.75, 3.05) is 0 Å². The first-order valence-corrected chi connectivity index (χ1v) is 10.2. The van der Waals surface area contributed by atoms with Crippen LogP contribution in [-0.4, -0.2) is 12.1 Å². The first-order valence-electron chi connectivity index (χ1n) is 10.2. The van der Waals surface area contributed by atoms with E-state index in [4.69, 9.17) is 4.74 Å². The lowest BCUT2D eigenvalue weighted by atomic mass is 9.43. The number of ether oxygens (including phenoxy) is 1. The summed E-state index contributed by atoms with van der Waals surface area (Å²) in [6.07, 6.45) is 12.2. The van der Waals surface area contributed by atoms with E-state index >= 15 is 0 Å². The van der Waals surface area contributed by atoms with Gasteiger partial charge in [0.2, 0.25) is 0 Å². The molecule has 5 saturated carbocycles. The maximum Gasteiger partial charge on any atom is 0.333 e. The van der Waals surface area contributed by atoms with E-state index in [9.17, 15) is 4.79 Å². The summed E-state index contributed by atoms with van der Waals surface area (Å²) in [4.78, 5) is 12.3. The Morgan fingerprint density at radius 1 is 1.04 bits per heavy atom. The molecule has 3 unspecified atom stereocenters. The summed E-state index contributed by atoms with van der Waals surface area (Å²) in [5, 5.41) is 0. The molecule has 134 valence electrons. The average Bonchev–Trinajstić information content (AvgIpc) is 2.49. The van der Waals surface area contributed by atoms with E-state index in [1.807, 2.05) is 0 Å². The average molecular weight is 331 g/mol. The number of hydrogen-bond donors (Lipinski definition) is 0. The molecule has 0 aromatic heterocycles. The summed E-state index contributed by atoms with van der Waals surface area (Å²) in [7, 11) is 0. The molecule has 2 nitrogen and oxygen atoms in total. The van der Waals surface area contributed by atoms with Gasteiger partial charge in [0.05, 0.1) is 0 Å². The van der Waals surface area contributed by atoms with Crippen LogP contribution in [0, 0.1) is 34.5 Å². The number of rotatable bonds is 3. The molecule has 2 heteroatoms. The fraction of sp³-hybridized carbons (Fsp3) is 0.864. The van der Waals surface area contributed by atoms with Crippen LogP contribution in [0.5, 0.6) is 0 Å². The molecule has 5 rings (SSSR count). The molecule has 0 aromatic rings. The molecule has 5 fully saturated rings. The summed E-state index contributed by atoms with van der Waals surface area (Å²) in [5.74, 6) is 3.04. The zero-order valence-corrected chi connectivity index (χ0v) is 15.8. The highest BCUT2D eigenvalue weighted by Crippen LogP contribution is 2.66. The first kappa shape index (κ1) is 16.7. The van der Waals surface area contributed by atoms with E-state index in [1.54, 1.807) is 6.92 Å². The third-order valence-corrected chi connectivity index (χ3v) is 8.01. The van der Waals surface area contributed by atoms with Gasteiger partial charge in [0.15, 0.2) is 0 Å². The number of esters is 1. The molecule has 0 heterocycles. The van der Waals surface area contributed by atoms with Crippen LogP contribution in [0.3, 0.4) is 0 Å². The molecule has 5 aliphatic rings. The quantitative estimate of drug-likeness (QED) is 0.503. The molecule has 5 aliphatic carbocycles. The van der Waals surface area contributed by atoms with Crippen molar-refractivity contribution in [2.24, 2.45) is 34.5 Å². The van der Waals surface area contributed by atoms with Crippen molar-refractivity contribution >= 4 is 5.97 Å². The third-order valence-electron chi connectivity index (χ3n) is 8.01. The Bertz CT molecular complexity index is 522.